The maximum Gasteiger partial charge on any atom is 0.243 e. The molecule has 0 aliphatic heterocycles. The van der Waals surface area contributed by atoms with Crippen LogP contribution in [0.15, 0.2) is 116 Å². The quantitative estimate of drug-likeness (QED) is 0.140. The van der Waals surface area contributed by atoms with Crippen LogP contribution in [0.2, 0.25) is 13.6 Å². The molecule has 0 amide bonds. The Labute approximate surface area is 272 Å². The normalized spacial score (nSPS) is 11.0. The lowest BCUT2D eigenvalue weighted by Gasteiger charge is -2.35. The molecule has 0 unspecified atom stereocenters. The highest BCUT2D eigenvalue weighted by molar-refractivity contribution is 6.82. The van der Waals surface area contributed by atoms with Crippen molar-refractivity contribution in [2.45, 2.75) is 46.2 Å². The Morgan fingerprint density at radius 1 is 0.761 bits per heavy atom. The van der Waals surface area contributed by atoms with Gasteiger partial charge in [-0.25, -0.2) is 15.0 Å². The van der Waals surface area contributed by atoms with Gasteiger partial charge in [-0.3, -0.25) is 4.98 Å². The summed E-state index contributed by atoms with van der Waals surface area (Å²) in [6.07, 6.45) is 8.39. The summed E-state index contributed by atoms with van der Waals surface area (Å²) >= 11 is 0. The standard InChI is InChI=1S/C37H39B2N7/c1-4-29-18-19-41-25-32(29)34-20-30-21-36(45-35-17-11-16-31(24-40)43-35)42-26-33(30)37(44-34)46(38(2)22-27-12-7-5-8-13-27)39(3)23-28-14-9-6-10-15-28/h5-21,25-26H,4,22-24,40H2,1-3H3,(H,42,43,45). The van der Waals surface area contributed by atoms with Crippen molar-refractivity contribution >= 4 is 41.9 Å². The van der Waals surface area contributed by atoms with Gasteiger partial charge in [0.15, 0.2) is 0 Å². The second kappa shape index (κ2) is 14.4. The number of nitrogens with one attached hydrogen (secondary N) is 1. The van der Waals surface area contributed by atoms with Crippen LogP contribution in [0, 0.1) is 0 Å². The number of aryl methyl sites for hydroxylation is 1. The van der Waals surface area contributed by atoms with Crippen molar-refractivity contribution in [3.05, 3.63) is 138 Å². The minimum Gasteiger partial charge on any atom is -0.444 e. The summed E-state index contributed by atoms with van der Waals surface area (Å²) in [4.78, 5) is 19.4. The molecule has 0 saturated heterocycles. The van der Waals surface area contributed by atoms with Gasteiger partial charge in [-0.15, -0.1) is 0 Å². The molecule has 4 aromatic heterocycles. The van der Waals surface area contributed by atoms with Crippen LogP contribution in [0.5, 0.6) is 0 Å². The second-order valence-corrected chi connectivity index (χ2v) is 11.8. The summed E-state index contributed by atoms with van der Waals surface area (Å²) in [5.41, 5.74) is 12.4. The van der Waals surface area contributed by atoms with Crippen molar-refractivity contribution in [2.75, 3.05) is 10.0 Å². The van der Waals surface area contributed by atoms with Gasteiger partial charge in [0.1, 0.15) is 17.5 Å². The van der Waals surface area contributed by atoms with Gasteiger partial charge < -0.3 is 15.8 Å². The average molecular weight is 603 g/mol. The van der Waals surface area contributed by atoms with Gasteiger partial charge >= 0.3 is 0 Å². The van der Waals surface area contributed by atoms with Crippen LogP contribution in [0.1, 0.15) is 29.3 Å². The van der Waals surface area contributed by atoms with E-state index in [1.165, 1.54) is 16.7 Å². The lowest BCUT2D eigenvalue weighted by Crippen LogP contribution is -2.50. The Morgan fingerprint density at radius 3 is 2.11 bits per heavy atom. The Bertz CT molecular complexity index is 1860. The number of anilines is 3. The van der Waals surface area contributed by atoms with Crippen LogP contribution < -0.4 is 15.8 Å². The fourth-order valence-corrected chi connectivity index (χ4v) is 6.25. The lowest BCUT2D eigenvalue weighted by molar-refractivity contribution is 0.992. The molecule has 0 aliphatic rings. The zero-order valence-corrected chi connectivity index (χ0v) is 26.8. The fourth-order valence-electron chi connectivity index (χ4n) is 6.25. The first kappa shape index (κ1) is 31.0. The van der Waals surface area contributed by atoms with Crippen LogP contribution in [0.3, 0.4) is 0 Å². The summed E-state index contributed by atoms with van der Waals surface area (Å²) in [7, 11) is 0. The van der Waals surface area contributed by atoms with Gasteiger partial charge in [-0.05, 0) is 60.3 Å². The Morgan fingerprint density at radius 2 is 1.46 bits per heavy atom. The number of benzene rings is 2. The Kier molecular flexibility index (Phi) is 9.70. The van der Waals surface area contributed by atoms with Crippen molar-refractivity contribution in [3.8, 4) is 11.3 Å². The molecular formula is C37H39B2N7. The molecule has 0 atom stereocenters. The molecule has 46 heavy (non-hydrogen) atoms. The number of fused-ring (bicyclic) bond motifs is 1. The topological polar surface area (TPSA) is 92.8 Å². The number of nitrogens with zero attached hydrogens (tertiary/aromatic N) is 5. The first-order valence-electron chi connectivity index (χ1n) is 16.1. The van der Waals surface area contributed by atoms with E-state index in [2.05, 4.69) is 119 Å². The summed E-state index contributed by atoms with van der Waals surface area (Å²) < 4.78 is 2.49. The van der Waals surface area contributed by atoms with E-state index in [-0.39, 0.29) is 13.7 Å². The van der Waals surface area contributed by atoms with E-state index in [0.717, 1.165) is 52.6 Å². The molecule has 0 bridgehead atoms. The minimum atomic E-state index is 0.160. The predicted molar refractivity (Wildman–Crippen MR) is 194 cm³/mol. The zero-order valence-electron chi connectivity index (χ0n) is 26.8. The van der Waals surface area contributed by atoms with Crippen LogP contribution in [-0.4, -0.2) is 33.6 Å². The van der Waals surface area contributed by atoms with Crippen molar-refractivity contribution in [2.24, 2.45) is 5.73 Å². The van der Waals surface area contributed by atoms with Gasteiger partial charge in [-0.2, -0.15) is 0 Å². The van der Waals surface area contributed by atoms with E-state index >= 15 is 0 Å². The van der Waals surface area contributed by atoms with Crippen LogP contribution in [0.4, 0.5) is 17.5 Å². The number of nitrogens with two attached hydrogens (primary N) is 1. The molecule has 228 valence electrons. The van der Waals surface area contributed by atoms with E-state index in [0.29, 0.717) is 18.2 Å². The first-order valence-corrected chi connectivity index (χ1v) is 16.1. The van der Waals surface area contributed by atoms with Crippen LogP contribution >= 0.6 is 0 Å². The van der Waals surface area contributed by atoms with Gasteiger partial charge in [0, 0.05) is 36.1 Å². The monoisotopic (exact) mass is 603 g/mol. The highest BCUT2D eigenvalue weighted by atomic mass is 15.1. The molecule has 4 heterocycles. The number of rotatable bonds is 12. The Balaban J connectivity index is 1.50. The average Bonchev–Trinajstić information content (AvgIpc) is 3.09. The first-order chi connectivity index (χ1) is 22.5. The summed E-state index contributed by atoms with van der Waals surface area (Å²) in [6.45, 7) is 7.47. The third kappa shape index (κ3) is 7.11. The molecule has 6 aromatic rings. The van der Waals surface area contributed by atoms with E-state index in [4.69, 9.17) is 15.7 Å². The molecule has 3 N–H and O–H groups in total. The number of aromatic nitrogens is 4. The third-order valence-electron chi connectivity index (χ3n) is 8.48. The Hall–Kier alpha value is -5.01. The van der Waals surface area contributed by atoms with Gasteiger partial charge in [-0.1, -0.05) is 98.4 Å². The molecule has 0 radical (unpaired) electrons. The second-order valence-electron chi connectivity index (χ2n) is 11.8. The number of hydrogen-bond acceptors (Lipinski definition) is 7. The van der Waals surface area contributed by atoms with Gasteiger partial charge in [0.05, 0.1) is 11.4 Å². The molecule has 6 rings (SSSR count). The number of pyridine rings is 4. The van der Waals surface area contributed by atoms with E-state index < -0.39 is 0 Å². The maximum absolute atomic E-state index is 5.85. The van der Waals surface area contributed by atoms with Crippen molar-refractivity contribution in [1.29, 1.82) is 0 Å². The summed E-state index contributed by atoms with van der Waals surface area (Å²) in [5, 5.41) is 5.43. The summed E-state index contributed by atoms with van der Waals surface area (Å²) in [5.74, 6) is 2.34. The minimum absolute atomic E-state index is 0.160. The molecular weight excluding hydrogens is 564 g/mol. The van der Waals surface area contributed by atoms with Crippen molar-refractivity contribution in [3.63, 3.8) is 0 Å². The number of hydrogen-bond donors (Lipinski definition) is 2. The SMILES string of the molecule is CCc1ccncc1-c1cc2cc(Nc3cccc(CN)n3)ncc2c(N(B(C)Cc2ccccc2)B(C)Cc2ccccc2)n1. The molecule has 9 heteroatoms. The summed E-state index contributed by atoms with van der Waals surface area (Å²) in [6, 6.07) is 33.5. The van der Waals surface area contributed by atoms with Crippen LogP contribution in [-0.2, 0) is 25.6 Å². The molecule has 2 aromatic carbocycles. The lowest BCUT2D eigenvalue weighted by atomic mass is 9.45. The molecule has 0 spiro atoms. The molecule has 0 aliphatic carbocycles. The molecule has 0 fully saturated rings. The largest absolute Gasteiger partial charge is 0.444 e. The molecule has 0 saturated carbocycles. The van der Waals surface area contributed by atoms with E-state index in [1.54, 1.807) is 0 Å². The van der Waals surface area contributed by atoms with E-state index in [1.807, 2.05) is 36.8 Å². The highest BCUT2D eigenvalue weighted by Crippen LogP contribution is 2.34. The van der Waals surface area contributed by atoms with Crippen LogP contribution in [0.25, 0.3) is 22.0 Å². The van der Waals surface area contributed by atoms with Crippen molar-refractivity contribution < 1.29 is 0 Å². The predicted octanol–water partition coefficient (Wildman–Crippen LogP) is 7.46. The maximum atomic E-state index is 5.85. The third-order valence-corrected chi connectivity index (χ3v) is 8.48. The van der Waals surface area contributed by atoms with Crippen molar-refractivity contribution in [1.82, 2.24) is 19.9 Å². The fraction of sp³-hybridized carbons (Fsp3) is 0.189. The highest BCUT2D eigenvalue weighted by Gasteiger charge is 2.30. The van der Waals surface area contributed by atoms with E-state index in [9.17, 15) is 0 Å². The van der Waals surface area contributed by atoms with Gasteiger partial charge in [0.25, 0.3) is 0 Å². The van der Waals surface area contributed by atoms with Gasteiger partial charge in [0.2, 0.25) is 13.7 Å². The zero-order chi connectivity index (χ0) is 31.9. The molecule has 7 nitrogen and oxygen atoms in total. The smallest absolute Gasteiger partial charge is 0.243 e.